The lowest BCUT2D eigenvalue weighted by Crippen LogP contribution is -2.14. The largest absolute Gasteiger partial charge is 0.459 e. The van der Waals surface area contributed by atoms with Gasteiger partial charge in [0.05, 0.1) is 6.26 Å². The zero-order valence-corrected chi connectivity index (χ0v) is 14.3. The van der Waals surface area contributed by atoms with E-state index in [-0.39, 0.29) is 17.6 Å². The average Bonchev–Trinajstić information content (AvgIpc) is 3.23. The predicted octanol–water partition coefficient (Wildman–Crippen LogP) is 4.94. The van der Waals surface area contributed by atoms with Crippen LogP contribution in [0.15, 0.2) is 89.5 Å². The van der Waals surface area contributed by atoms with Crippen LogP contribution in [0.3, 0.4) is 0 Å². The van der Waals surface area contributed by atoms with Crippen LogP contribution in [0, 0.1) is 0 Å². The molecule has 3 aromatic carbocycles. The number of benzene rings is 3. The number of furan rings is 1. The highest BCUT2D eigenvalue weighted by molar-refractivity contribution is 6.07. The predicted molar refractivity (Wildman–Crippen MR) is 105 cm³/mol. The summed E-state index contributed by atoms with van der Waals surface area (Å²) in [6, 6.07) is 23.7. The van der Waals surface area contributed by atoms with Crippen LogP contribution >= 0.6 is 0 Å². The van der Waals surface area contributed by atoms with Gasteiger partial charge in [-0.15, -0.1) is 0 Å². The molecule has 0 fully saturated rings. The molecular formula is C22H16N2O3. The van der Waals surface area contributed by atoms with E-state index in [1.807, 2.05) is 42.5 Å². The number of amides is 2. The van der Waals surface area contributed by atoms with Gasteiger partial charge >= 0.3 is 0 Å². The van der Waals surface area contributed by atoms with Crippen molar-refractivity contribution in [2.75, 3.05) is 10.6 Å². The van der Waals surface area contributed by atoms with Gasteiger partial charge in [-0.3, -0.25) is 9.59 Å². The second-order valence-corrected chi connectivity index (χ2v) is 6.03. The van der Waals surface area contributed by atoms with Gasteiger partial charge in [0.25, 0.3) is 11.8 Å². The van der Waals surface area contributed by atoms with E-state index in [1.54, 1.807) is 36.4 Å². The Bertz CT molecular complexity index is 1120. The van der Waals surface area contributed by atoms with Crippen molar-refractivity contribution < 1.29 is 14.0 Å². The molecule has 0 bridgehead atoms. The Labute approximate surface area is 155 Å². The van der Waals surface area contributed by atoms with Crippen molar-refractivity contribution >= 4 is 34.0 Å². The molecule has 5 heteroatoms. The molecule has 0 unspecified atom stereocenters. The molecule has 2 amide bonds. The monoisotopic (exact) mass is 356 g/mol. The second kappa shape index (κ2) is 7.17. The van der Waals surface area contributed by atoms with Crippen LogP contribution in [0.5, 0.6) is 0 Å². The van der Waals surface area contributed by atoms with Crippen LogP contribution in [-0.4, -0.2) is 11.8 Å². The van der Waals surface area contributed by atoms with Gasteiger partial charge in [-0.1, -0.05) is 36.4 Å². The fourth-order valence-corrected chi connectivity index (χ4v) is 2.81. The first-order chi connectivity index (χ1) is 13.2. The number of carbonyl (C=O) groups excluding carboxylic acids is 2. The molecule has 0 aliphatic heterocycles. The number of anilines is 2. The highest BCUT2D eigenvalue weighted by Gasteiger charge is 2.11. The Kier molecular flexibility index (Phi) is 4.41. The molecule has 0 aliphatic rings. The van der Waals surface area contributed by atoms with Gasteiger partial charge in [-0.05, 0) is 53.2 Å². The van der Waals surface area contributed by atoms with Crippen LogP contribution in [0.1, 0.15) is 20.9 Å². The van der Waals surface area contributed by atoms with E-state index in [0.29, 0.717) is 16.9 Å². The van der Waals surface area contributed by atoms with Gasteiger partial charge in [0, 0.05) is 16.9 Å². The Morgan fingerprint density at radius 3 is 2.26 bits per heavy atom. The Balaban J connectivity index is 1.50. The van der Waals surface area contributed by atoms with Crippen molar-refractivity contribution in [2.45, 2.75) is 0 Å². The van der Waals surface area contributed by atoms with Crippen LogP contribution in [0.2, 0.25) is 0 Å². The summed E-state index contributed by atoms with van der Waals surface area (Å²) in [7, 11) is 0. The molecule has 132 valence electrons. The number of fused-ring (bicyclic) bond motifs is 1. The van der Waals surface area contributed by atoms with E-state index in [1.165, 1.54) is 6.26 Å². The standard InChI is InChI=1S/C22H16N2O3/c25-21(23-19-11-10-15-5-1-2-6-16(15)13-19)17-7-3-8-18(14-17)24-22(26)20-9-4-12-27-20/h1-14H,(H,23,25)(H,24,26). The van der Waals surface area contributed by atoms with Crippen molar-refractivity contribution in [2.24, 2.45) is 0 Å². The molecule has 4 rings (SSSR count). The molecule has 0 saturated carbocycles. The van der Waals surface area contributed by atoms with Crippen LogP contribution < -0.4 is 10.6 Å². The number of rotatable bonds is 4. The minimum atomic E-state index is -0.368. The topological polar surface area (TPSA) is 71.3 Å². The molecule has 0 atom stereocenters. The van der Waals surface area contributed by atoms with Gasteiger partial charge in [0.15, 0.2) is 5.76 Å². The van der Waals surface area contributed by atoms with Crippen molar-refractivity contribution in [3.8, 4) is 0 Å². The summed E-state index contributed by atoms with van der Waals surface area (Å²) < 4.78 is 5.07. The molecule has 0 aliphatic carbocycles. The molecule has 27 heavy (non-hydrogen) atoms. The highest BCUT2D eigenvalue weighted by atomic mass is 16.3. The number of carbonyl (C=O) groups is 2. The zero-order chi connectivity index (χ0) is 18.6. The lowest BCUT2D eigenvalue weighted by Gasteiger charge is -2.09. The minimum absolute atomic E-state index is 0.209. The first-order valence-corrected chi connectivity index (χ1v) is 8.44. The lowest BCUT2D eigenvalue weighted by atomic mass is 10.1. The highest BCUT2D eigenvalue weighted by Crippen LogP contribution is 2.20. The maximum absolute atomic E-state index is 12.6. The summed E-state index contributed by atoms with van der Waals surface area (Å²) in [5, 5.41) is 7.76. The van der Waals surface area contributed by atoms with E-state index >= 15 is 0 Å². The molecular weight excluding hydrogens is 340 g/mol. The molecule has 1 heterocycles. The van der Waals surface area contributed by atoms with Crippen LogP contribution in [-0.2, 0) is 0 Å². The minimum Gasteiger partial charge on any atom is -0.459 e. The van der Waals surface area contributed by atoms with Crippen molar-refractivity contribution in [1.29, 1.82) is 0 Å². The number of hydrogen-bond acceptors (Lipinski definition) is 3. The molecule has 0 spiro atoms. The third-order valence-electron chi connectivity index (χ3n) is 4.13. The maximum atomic E-state index is 12.6. The Hall–Kier alpha value is -3.86. The molecule has 1 aromatic heterocycles. The van der Waals surface area contributed by atoms with Gasteiger partial charge < -0.3 is 15.1 Å². The lowest BCUT2D eigenvalue weighted by molar-refractivity contribution is 0.0993. The van der Waals surface area contributed by atoms with Gasteiger partial charge in [0.2, 0.25) is 0 Å². The summed E-state index contributed by atoms with van der Waals surface area (Å²) >= 11 is 0. The fourth-order valence-electron chi connectivity index (χ4n) is 2.81. The Morgan fingerprint density at radius 2 is 1.44 bits per heavy atom. The van der Waals surface area contributed by atoms with E-state index < -0.39 is 0 Å². The molecule has 5 nitrogen and oxygen atoms in total. The van der Waals surface area contributed by atoms with Crippen molar-refractivity contribution in [3.63, 3.8) is 0 Å². The molecule has 4 aromatic rings. The van der Waals surface area contributed by atoms with Gasteiger partial charge in [-0.25, -0.2) is 0 Å². The number of nitrogens with one attached hydrogen (secondary N) is 2. The van der Waals surface area contributed by atoms with E-state index in [4.69, 9.17) is 4.42 Å². The summed E-state index contributed by atoms with van der Waals surface area (Å²) in [5.41, 5.74) is 1.67. The van der Waals surface area contributed by atoms with Crippen molar-refractivity contribution in [1.82, 2.24) is 0 Å². The fraction of sp³-hybridized carbons (Fsp3) is 0. The number of hydrogen-bond donors (Lipinski definition) is 2. The SMILES string of the molecule is O=C(Nc1ccc2ccccc2c1)c1cccc(NC(=O)c2ccco2)c1. The summed E-state index contributed by atoms with van der Waals surface area (Å²) in [5.74, 6) is -0.410. The summed E-state index contributed by atoms with van der Waals surface area (Å²) in [6.07, 6.45) is 1.43. The average molecular weight is 356 g/mol. The first kappa shape index (κ1) is 16.6. The van der Waals surface area contributed by atoms with Crippen LogP contribution in [0.4, 0.5) is 11.4 Å². The second-order valence-electron chi connectivity index (χ2n) is 6.03. The van der Waals surface area contributed by atoms with E-state index in [9.17, 15) is 9.59 Å². The third kappa shape index (κ3) is 3.72. The van der Waals surface area contributed by atoms with Crippen molar-refractivity contribution in [3.05, 3.63) is 96.4 Å². The van der Waals surface area contributed by atoms with Gasteiger partial charge in [0.1, 0.15) is 0 Å². The van der Waals surface area contributed by atoms with E-state index in [0.717, 1.165) is 10.8 Å². The van der Waals surface area contributed by atoms with Crippen LogP contribution in [0.25, 0.3) is 10.8 Å². The maximum Gasteiger partial charge on any atom is 0.291 e. The molecule has 0 radical (unpaired) electrons. The summed E-state index contributed by atoms with van der Waals surface area (Å²) in [4.78, 5) is 24.6. The molecule has 2 N–H and O–H groups in total. The normalized spacial score (nSPS) is 10.5. The Morgan fingerprint density at radius 1 is 0.667 bits per heavy atom. The quantitative estimate of drug-likeness (QED) is 0.544. The smallest absolute Gasteiger partial charge is 0.291 e. The zero-order valence-electron chi connectivity index (χ0n) is 14.3. The molecule has 0 saturated heterocycles. The summed E-state index contributed by atoms with van der Waals surface area (Å²) in [6.45, 7) is 0. The van der Waals surface area contributed by atoms with Gasteiger partial charge in [-0.2, -0.15) is 0 Å². The van der Waals surface area contributed by atoms with E-state index in [2.05, 4.69) is 10.6 Å². The third-order valence-corrected chi connectivity index (χ3v) is 4.13. The first-order valence-electron chi connectivity index (χ1n) is 8.44.